The molecule has 3 nitrogen and oxygen atoms in total. The number of halogens is 3. The van der Waals surface area contributed by atoms with E-state index >= 15 is 0 Å². The lowest BCUT2D eigenvalue weighted by Gasteiger charge is -2.21. The molecule has 2 aromatic rings. The Morgan fingerprint density at radius 1 is 1.10 bits per heavy atom. The number of carbonyl (C=O) groups is 1. The first-order chi connectivity index (χ1) is 9.44. The molecule has 6 heteroatoms. The largest absolute Gasteiger partial charge is 0.372 e. The predicted octanol–water partition coefficient (Wildman–Crippen LogP) is 2.92. The van der Waals surface area contributed by atoms with Crippen LogP contribution in [0.15, 0.2) is 40.9 Å². The summed E-state index contributed by atoms with van der Waals surface area (Å²) in [5, 5.41) is 12.9. The fourth-order valence-corrected chi connectivity index (χ4v) is 2.54. The summed E-state index contributed by atoms with van der Waals surface area (Å²) in [6.07, 6.45) is 0. The maximum atomic E-state index is 13.7. The van der Waals surface area contributed by atoms with Crippen molar-refractivity contribution in [2.45, 2.75) is 5.60 Å². The van der Waals surface area contributed by atoms with Crippen LogP contribution >= 0.6 is 15.9 Å². The summed E-state index contributed by atoms with van der Waals surface area (Å²) in [6.45, 7) is 0. The number of nitrogens with one attached hydrogen (secondary N) is 1. The Morgan fingerprint density at radius 3 is 2.40 bits per heavy atom. The second kappa shape index (κ2) is 4.36. The molecule has 1 amide bonds. The summed E-state index contributed by atoms with van der Waals surface area (Å²) in [7, 11) is 0. The molecule has 1 unspecified atom stereocenters. The number of benzene rings is 2. The van der Waals surface area contributed by atoms with E-state index in [1.54, 1.807) is 24.3 Å². The lowest BCUT2D eigenvalue weighted by Crippen LogP contribution is -2.35. The maximum absolute atomic E-state index is 13.7. The molecule has 0 aliphatic carbocycles. The monoisotopic (exact) mass is 339 g/mol. The van der Waals surface area contributed by atoms with Crippen molar-refractivity contribution in [1.82, 2.24) is 0 Å². The highest BCUT2D eigenvalue weighted by Crippen LogP contribution is 2.42. The van der Waals surface area contributed by atoms with Crippen molar-refractivity contribution in [3.63, 3.8) is 0 Å². The predicted molar refractivity (Wildman–Crippen MR) is 72.1 cm³/mol. The third-order valence-electron chi connectivity index (χ3n) is 3.31. The molecule has 1 aliphatic heterocycles. The van der Waals surface area contributed by atoms with Crippen LogP contribution in [0.25, 0.3) is 0 Å². The Balaban J connectivity index is 2.23. The van der Waals surface area contributed by atoms with Crippen LogP contribution in [0.2, 0.25) is 0 Å². The highest BCUT2D eigenvalue weighted by molar-refractivity contribution is 9.10. The fraction of sp³-hybridized carbons (Fsp3) is 0.0714. The van der Waals surface area contributed by atoms with Crippen molar-refractivity contribution in [3.05, 3.63) is 63.6 Å². The van der Waals surface area contributed by atoms with Gasteiger partial charge in [-0.25, -0.2) is 8.78 Å². The molecule has 0 aromatic heterocycles. The average molecular weight is 340 g/mol. The SMILES string of the molecule is O=C1Nc2c(ccc(F)c2F)C1(O)c1ccc(Br)cc1. The minimum Gasteiger partial charge on any atom is -0.372 e. The molecule has 1 aliphatic rings. The summed E-state index contributed by atoms with van der Waals surface area (Å²) >= 11 is 3.25. The van der Waals surface area contributed by atoms with Crippen LogP contribution in [0, 0.1) is 11.6 Å². The van der Waals surface area contributed by atoms with Gasteiger partial charge in [0.25, 0.3) is 5.91 Å². The van der Waals surface area contributed by atoms with Crippen LogP contribution in [0.1, 0.15) is 11.1 Å². The van der Waals surface area contributed by atoms with Crippen LogP contribution in [0.5, 0.6) is 0 Å². The molecule has 102 valence electrons. The second-order valence-corrected chi connectivity index (χ2v) is 5.37. The number of rotatable bonds is 1. The highest BCUT2D eigenvalue weighted by atomic mass is 79.9. The van der Waals surface area contributed by atoms with Gasteiger partial charge in [0.05, 0.1) is 5.69 Å². The van der Waals surface area contributed by atoms with E-state index in [-0.39, 0.29) is 16.8 Å². The molecule has 3 rings (SSSR count). The van der Waals surface area contributed by atoms with Crippen molar-refractivity contribution in [3.8, 4) is 0 Å². The molecule has 0 spiro atoms. The van der Waals surface area contributed by atoms with Gasteiger partial charge < -0.3 is 10.4 Å². The zero-order valence-electron chi connectivity index (χ0n) is 9.95. The molecule has 2 N–H and O–H groups in total. The van der Waals surface area contributed by atoms with E-state index in [1.165, 1.54) is 6.07 Å². The van der Waals surface area contributed by atoms with Gasteiger partial charge in [0.1, 0.15) is 0 Å². The molecule has 1 atom stereocenters. The van der Waals surface area contributed by atoms with Crippen LogP contribution < -0.4 is 5.32 Å². The van der Waals surface area contributed by atoms with E-state index in [0.29, 0.717) is 0 Å². The minimum atomic E-state index is -2.02. The topological polar surface area (TPSA) is 49.3 Å². The maximum Gasteiger partial charge on any atom is 0.265 e. The van der Waals surface area contributed by atoms with E-state index in [2.05, 4.69) is 21.2 Å². The smallest absolute Gasteiger partial charge is 0.265 e. The summed E-state index contributed by atoms with van der Waals surface area (Å²) in [6, 6.07) is 8.48. The van der Waals surface area contributed by atoms with Crippen LogP contribution in [-0.2, 0) is 10.4 Å². The van der Waals surface area contributed by atoms with Crippen LogP contribution in [0.4, 0.5) is 14.5 Å². The van der Waals surface area contributed by atoms with Crippen molar-refractivity contribution < 1.29 is 18.7 Å². The molecule has 0 fully saturated rings. The van der Waals surface area contributed by atoms with Crippen molar-refractivity contribution in [1.29, 1.82) is 0 Å². The number of hydrogen-bond acceptors (Lipinski definition) is 2. The lowest BCUT2D eigenvalue weighted by molar-refractivity contribution is -0.129. The molecule has 20 heavy (non-hydrogen) atoms. The lowest BCUT2D eigenvalue weighted by atomic mass is 9.87. The second-order valence-electron chi connectivity index (χ2n) is 4.46. The average Bonchev–Trinajstić information content (AvgIpc) is 2.69. The molecule has 0 saturated heterocycles. The summed E-state index contributed by atoms with van der Waals surface area (Å²) in [4.78, 5) is 12.0. The van der Waals surface area contributed by atoms with E-state index in [9.17, 15) is 18.7 Å². The van der Waals surface area contributed by atoms with Crippen LogP contribution in [0.3, 0.4) is 0 Å². The third kappa shape index (κ3) is 1.68. The van der Waals surface area contributed by atoms with Crippen molar-refractivity contribution >= 4 is 27.5 Å². The van der Waals surface area contributed by atoms with E-state index in [0.717, 1.165) is 10.5 Å². The Labute approximate surface area is 121 Å². The Hall–Kier alpha value is -1.79. The molecule has 0 saturated carbocycles. The molecular weight excluding hydrogens is 332 g/mol. The summed E-state index contributed by atoms with van der Waals surface area (Å²) in [5.41, 5.74) is -2.06. The van der Waals surface area contributed by atoms with Gasteiger partial charge in [-0.1, -0.05) is 34.1 Å². The van der Waals surface area contributed by atoms with Gasteiger partial charge in [-0.2, -0.15) is 0 Å². The molecule has 1 heterocycles. The number of carbonyl (C=O) groups excluding carboxylic acids is 1. The van der Waals surface area contributed by atoms with Gasteiger partial charge in [0, 0.05) is 10.0 Å². The molecule has 0 bridgehead atoms. The number of amides is 1. The standard InChI is InChI=1S/C14H8BrF2NO2/c15-8-3-1-7(2-4-8)14(20)9-5-6-10(16)11(17)12(9)18-13(14)19/h1-6,20H,(H,18,19). The highest BCUT2D eigenvalue weighted by Gasteiger charge is 2.48. The Bertz CT molecular complexity index is 718. The van der Waals surface area contributed by atoms with E-state index < -0.39 is 23.1 Å². The molecular formula is C14H8BrF2NO2. The van der Waals surface area contributed by atoms with Gasteiger partial charge in [0.15, 0.2) is 17.2 Å². The van der Waals surface area contributed by atoms with E-state index in [1.807, 2.05) is 0 Å². The number of anilines is 1. The first-order valence-corrected chi connectivity index (χ1v) is 6.52. The Morgan fingerprint density at radius 2 is 1.75 bits per heavy atom. The fourth-order valence-electron chi connectivity index (χ4n) is 2.28. The van der Waals surface area contributed by atoms with Gasteiger partial charge in [0.2, 0.25) is 0 Å². The zero-order chi connectivity index (χ0) is 14.5. The summed E-state index contributed by atoms with van der Waals surface area (Å²) < 4.78 is 27.7. The molecule has 0 radical (unpaired) electrons. The third-order valence-corrected chi connectivity index (χ3v) is 3.84. The quantitative estimate of drug-likeness (QED) is 0.839. The van der Waals surface area contributed by atoms with Gasteiger partial charge in [-0.15, -0.1) is 0 Å². The van der Waals surface area contributed by atoms with Crippen molar-refractivity contribution in [2.24, 2.45) is 0 Å². The summed E-state index contributed by atoms with van der Waals surface area (Å²) in [5.74, 6) is -3.06. The minimum absolute atomic E-state index is 0.00345. The van der Waals surface area contributed by atoms with Crippen LogP contribution in [-0.4, -0.2) is 11.0 Å². The van der Waals surface area contributed by atoms with Gasteiger partial charge in [-0.05, 0) is 23.8 Å². The normalized spacial score (nSPS) is 20.7. The first kappa shape index (κ1) is 13.2. The van der Waals surface area contributed by atoms with E-state index in [4.69, 9.17) is 0 Å². The zero-order valence-corrected chi connectivity index (χ0v) is 11.5. The van der Waals surface area contributed by atoms with Gasteiger partial charge >= 0.3 is 0 Å². The van der Waals surface area contributed by atoms with Gasteiger partial charge in [-0.3, -0.25) is 4.79 Å². The number of hydrogen-bond donors (Lipinski definition) is 2. The number of fused-ring (bicyclic) bond motifs is 1. The van der Waals surface area contributed by atoms with Crippen molar-refractivity contribution in [2.75, 3.05) is 5.32 Å². The first-order valence-electron chi connectivity index (χ1n) is 5.73. The Kier molecular flexibility index (Phi) is 2.88. The molecule has 2 aromatic carbocycles. The number of aliphatic hydroxyl groups is 1.